The van der Waals surface area contributed by atoms with E-state index in [1.807, 2.05) is 0 Å². The number of ether oxygens (including phenoxy) is 1. The monoisotopic (exact) mass is 520 g/mol. The van der Waals surface area contributed by atoms with Gasteiger partial charge in [0.2, 0.25) is 0 Å². The Morgan fingerprint density at radius 1 is 0.513 bits per heavy atom. The lowest BCUT2D eigenvalue weighted by molar-refractivity contribution is 0.0301. The van der Waals surface area contributed by atoms with Gasteiger partial charge in [0, 0.05) is 13.1 Å². The van der Waals surface area contributed by atoms with Crippen LogP contribution in [0.15, 0.2) is 97.1 Å². The zero-order valence-electron chi connectivity index (χ0n) is 24.5. The lowest BCUT2D eigenvalue weighted by atomic mass is 9.90. The first-order chi connectivity index (χ1) is 18.8. The zero-order valence-corrected chi connectivity index (χ0v) is 24.5. The van der Waals surface area contributed by atoms with E-state index in [2.05, 4.69) is 149 Å². The highest BCUT2D eigenvalue weighted by atomic mass is 16.5. The lowest BCUT2D eigenvalue weighted by Crippen LogP contribution is -2.18. The standard InChI is InChI=1S/C36H44N2O/c1-27-29(23-25-37(3)4)19-13-21-33(27)35(31-15-9-7-10-16-31)39-36(32-17-11-8-12-18-32)34-22-14-20-30(28(34)2)24-26-38(5)6/h7-22,35-36H,23-26H2,1-6H3. The molecule has 0 bridgehead atoms. The minimum absolute atomic E-state index is 0.194. The smallest absolute Gasteiger partial charge is 0.109 e. The molecule has 0 saturated carbocycles. The summed E-state index contributed by atoms with van der Waals surface area (Å²) < 4.78 is 7.30. The van der Waals surface area contributed by atoms with Crippen LogP contribution in [-0.2, 0) is 17.6 Å². The van der Waals surface area contributed by atoms with E-state index < -0.39 is 0 Å². The van der Waals surface area contributed by atoms with Gasteiger partial charge < -0.3 is 14.5 Å². The minimum atomic E-state index is -0.194. The van der Waals surface area contributed by atoms with Crippen molar-refractivity contribution in [1.82, 2.24) is 9.80 Å². The number of rotatable bonds is 12. The van der Waals surface area contributed by atoms with Crippen LogP contribution in [0, 0.1) is 13.8 Å². The van der Waals surface area contributed by atoms with Crippen molar-refractivity contribution < 1.29 is 4.74 Å². The van der Waals surface area contributed by atoms with Gasteiger partial charge in [0.05, 0.1) is 0 Å². The van der Waals surface area contributed by atoms with E-state index in [1.165, 1.54) is 44.5 Å². The van der Waals surface area contributed by atoms with Crippen molar-refractivity contribution >= 4 is 0 Å². The minimum Gasteiger partial charge on any atom is -0.356 e. The summed E-state index contributed by atoms with van der Waals surface area (Å²) in [6, 6.07) is 34.8. The molecule has 0 fully saturated rings. The largest absolute Gasteiger partial charge is 0.356 e. The number of likely N-dealkylation sites (N-methyl/N-ethyl adjacent to an activating group) is 2. The van der Waals surface area contributed by atoms with Crippen molar-refractivity contribution in [3.8, 4) is 0 Å². The number of hydrogen-bond acceptors (Lipinski definition) is 3. The van der Waals surface area contributed by atoms with Crippen LogP contribution in [0.4, 0.5) is 0 Å². The molecule has 4 aromatic rings. The quantitative estimate of drug-likeness (QED) is 0.193. The molecule has 4 aromatic carbocycles. The van der Waals surface area contributed by atoms with E-state index in [9.17, 15) is 0 Å². The first-order valence-corrected chi connectivity index (χ1v) is 14.1. The highest BCUT2D eigenvalue weighted by Crippen LogP contribution is 2.39. The molecule has 204 valence electrons. The molecule has 0 saturated heterocycles. The van der Waals surface area contributed by atoms with Crippen LogP contribution in [0.5, 0.6) is 0 Å². The van der Waals surface area contributed by atoms with Crippen LogP contribution in [0.25, 0.3) is 0 Å². The Labute approximate surface area is 236 Å². The third-order valence-electron chi connectivity index (χ3n) is 7.67. The summed E-state index contributed by atoms with van der Waals surface area (Å²) in [6.45, 7) is 6.55. The molecular formula is C36H44N2O. The third kappa shape index (κ3) is 7.45. The van der Waals surface area contributed by atoms with Gasteiger partial charge in [-0.05, 0) is 99.4 Å². The molecule has 0 aliphatic rings. The summed E-state index contributed by atoms with van der Waals surface area (Å²) >= 11 is 0. The van der Waals surface area contributed by atoms with Gasteiger partial charge in [0.25, 0.3) is 0 Å². The van der Waals surface area contributed by atoms with Crippen molar-refractivity contribution in [2.24, 2.45) is 0 Å². The summed E-state index contributed by atoms with van der Waals surface area (Å²) in [5.41, 5.74) is 10.2. The Balaban J connectivity index is 1.81. The lowest BCUT2D eigenvalue weighted by Gasteiger charge is -2.30. The zero-order chi connectivity index (χ0) is 27.8. The predicted octanol–water partition coefficient (Wildman–Crippen LogP) is 7.41. The van der Waals surface area contributed by atoms with Gasteiger partial charge in [-0.3, -0.25) is 0 Å². The Bertz CT molecular complexity index is 1210. The Hall–Kier alpha value is -3.24. The summed E-state index contributed by atoms with van der Waals surface area (Å²) in [4.78, 5) is 4.49. The second kappa shape index (κ2) is 13.7. The Morgan fingerprint density at radius 2 is 0.897 bits per heavy atom. The topological polar surface area (TPSA) is 15.7 Å². The molecule has 2 atom stereocenters. The van der Waals surface area contributed by atoms with Crippen LogP contribution in [-0.4, -0.2) is 51.1 Å². The summed E-state index contributed by atoms with van der Waals surface area (Å²) in [5, 5.41) is 0. The molecule has 0 amide bonds. The van der Waals surface area contributed by atoms with Gasteiger partial charge in [0.1, 0.15) is 12.2 Å². The summed E-state index contributed by atoms with van der Waals surface area (Å²) in [7, 11) is 8.53. The molecule has 0 aliphatic carbocycles. The van der Waals surface area contributed by atoms with Crippen molar-refractivity contribution in [2.45, 2.75) is 38.9 Å². The van der Waals surface area contributed by atoms with Crippen molar-refractivity contribution in [2.75, 3.05) is 41.3 Å². The maximum absolute atomic E-state index is 7.30. The highest BCUT2D eigenvalue weighted by Gasteiger charge is 2.26. The molecule has 2 unspecified atom stereocenters. The number of benzene rings is 4. The fourth-order valence-electron chi connectivity index (χ4n) is 5.26. The fraction of sp³-hybridized carbons (Fsp3) is 0.333. The van der Waals surface area contributed by atoms with Gasteiger partial charge >= 0.3 is 0 Å². The van der Waals surface area contributed by atoms with Gasteiger partial charge in [0.15, 0.2) is 0 Å². The van der Waals surface area contributed by atoms with Gasteiger partial charge in [-0.1, -0.05) is 97.1 Å². The normalized spacial score (nSPS) is 13.1. The van der Waals surface area contributed by atoms with Crippen molar-refractivity contribution in [3.63, 3.8) is 0 Å². The van der Waals surface area contributed by atoms with E-state index in [-0.39, 0.29) is 12.2 Å². The molecule has 0 N–H and O–H groups in total. The van der Waals surface area contributed by atoms with E-state index in [4.69, 9.17) is 4.74 Å². The molecule has 39 heavy (non-hydrogen) atoms. The van der Waals surface area contributed by atoms with Crippen molar-refractivity contribution in [3.05, 3.63) is 142 Å². The molecule has 3 heteroatoms. The fourth-order valence-corrected chi connectivity index (χ4v) is 5.26. The predicted molar refractivity (Wildman–Crippen MR) is 165 cm³/mol. The summed E-state index contributed by atoms with van der Waals surface area (Å²) in [6.07, 6.45) is 1.65. The van der Waals surface area contributed by atoms with Crippen LogP contribution >= 0.6 is 0 Å². The SMILES string of the molecule is Cc1c(CCN(C)C)cccc1C(OC(c1ccccc1)c1cccc(CCN(C)C)c1C)c1ccccc1. The Kier molecular flexibility index (Phi) is 10.1. The van der Waals surface area contributed by atoms with Crippen LogP contribution in [0.3, 0.4) is 0 Å². The first kappa shape index (κ1) is 28.8. The van der Waals surface area contributed by atoms with E-state index >= 15 is 0 Å². The molecule has 0 spiro atoms. The summed E-state index contributed by atoms with van der Waals surface area (Å²) in [5.74, 6) is 0. The second-order valence-corrected chi connectivity index (χ2v) is 11.1. The maximum atomic E-state index is 7.30. The number of nitrogens with zero attached hydrogens (tertiary/aromatic N) is 2. The van der Waals surface area contributed by atoms with Gasteiger partial charge in [-0.15, -0.1) is 0 Å². The number of hydrogen-bond donors (Lipinski definition) is 0. The second-order valence-electron chi connectivity index (χ2n) is 11.1. The molecule has 0 heterocycles. The van der Waals surface area contributed by atoms with Crippen molar-refractivity contribution in [1.29, 1.82) is 0 Å². The van der Waals surface area contributed by atoms with E-state index in [0.29, 0.717) is 0 Å². The molecular weight excluding hydrogens is 476 g/mol. The van der Waals surface area contributed by atoms with E-state index in [0.717, 1.165) is 25.9 Å². The Morgan fingerprint density at radius 3 is 1.26 bits per heavy atom. The average molecular weight is 521 g/mol. The van der Waals surface area contributed by atoms with Crippen LogP contribution < -0.4 is 0 Å². The molecule has 4 rings (SSSR count). The first-order valence-electron chi connectivity index (χ1n) is 14.1. The van der Waals surface area contributed by atoms with Crippen LogP contribution in [0.1, 0.15) is 56.7 Å². The van der Waals surface area contributed by atoms with Gasteiger partial charge in [-0.2, -0.15) is 0 Å². The third-order valence-corrected chi connectivity index (χ3v) is 7.67. The van der Waals surface area contributed by atoms with Crippen LogP contribution in [0.2, 0.25) is 0 Å². The molecule has 3 nitrogen and oxygen atoms in total. The van der Waals surface area contributed by atoms with E-state index in [1.54, 1.807) is 0 Å². The molecule has 0 aromatic heterocycles. The molecule has 0 radical (unpaired) electrons. The average Bonchev–Trinajstić information content (AvgIpc) is 2.94. The molecule has 0 aliphatic heterocycles. The maximum Gasteiger partial charge on any atom is 0.109 e. The highest BCUT2D eigenvalue weighted by molar-refractivity contribution is 5.43. The van der Waals surface area contributed by atoms with Gasteiger partial charge in [-0.25, -0.2) is 0 Å².